The molecule has 1 aromatic carbocycles. The van der Waals surface area contributed by atoms with Gasteiger partial charge in [0.1, 0.15) is 40.4 Å². The van der Waals surface area contributed by atoms with Crippen molar-refractivity contribution in [3.8, 4) is 11.5 Å². The van der Waals surface area contributed by atoms with Gasteiger partial charge in [0.2, 0.25) is 0 Å². The fourth-order valence-electron chi connectivity index (χ4n) is 4.62. The summed E-state index contributed by atoms with van der Waals surface area (Å²) in [6, 6.07) is 2.08. The fourth-order valence-corrected chi connectivity index (χ4v) is 4.62. The van der Waals surface area contributed by atoms with Gasteiger partial charge in [-0.2, -0.15) is 0 Å². The van der Waals surface area contributed by atoms with Crippen LogP contribution in [0.3, 0.4) is 0 Å². The van der Waals surface area contributed by atoms with Crippen LogP contribution in [0.1, 0.15) is 63.4 Å². The van der Waals surface area contributed by atoms with E-state index in [2.05, 4.69) is 4.99 Å². The molecule has 1 fully saturated rings. The van der Waals surface area contributed by atoms with Gasteiger partial charge in [-0.1, -0.05) is 0 Å². The van der Waals surface area contributed by atoms with Gasteiger partial charge >= 0.3 is 0 Å². The first-order valence-corrected chi connectivity index (χ1v) is 11.6. The lowest BCUT2D eigenvalue weighted by Crippen LogP contribution is -2.39. The maximum Gasteiger partial charge on any atom is 0.196 e. The Balaban J connectivity index is 1.76. The number of nitrogens with zero attached hydrogens (tertiary/aromatic N) is 1. The summed E-state index contributed by atoms with van der Waals surface area (Å²) >= 11 is 0. The zero-order valence-corrected chi connectivity index (χ0v) is 19.5. The number of guanidine groups is 1. The van der Waals surface area contributed by atoms with Crippen LogP contribution in [-0.2, 0) is 6.42 Å². The molecule has 7 N–H and O–H groups in total. The molecule has 4 rings (SSSR count). The van der Waals surface area contributed by atoms with Crippen LogP contribution in [0, 0.1) is 0 Å². The molecular weight excluding hydrogens is 442 g/mol. The lowest BCUT2D eigenvalue weighted by molar-refractivity contribution is -0.0229. The molecule has 0 bridgehead atoms. The van der Waals surface area contributed by atoms with Crippen molar-refractivity contribution in [2.75, 3.05) is 6.61 Å². The molecule has 3 unspecified atom stereocenters. The minimum atomic E-state index is -1.23. The van der Waals surface area contributed by atoms with Gasteiger partial charge in [0.15, 0.2) is 11.4 Å². The third-order valence-electron chi connectivity index (χ3n) is 6.45. The van der Waals surface area contributed by atoms with Crippen molar-refractivity contribution in [2.45, 2.75) is 82.3 Å². The first-order chi connectivity index (χ1) is 16.1. The number of fused-ring (bicyclic) bond motifs is 2. The number of aliphatic hydroxyl groups excluding tert-OH is 2. The van der Waals surface area contributed by atoms with E-state index >= 15 is 0 Å². The van der Waals surface area contributed by atoms with E-state index in [0.717, 1.165) is 31.2 Å². The molecule has 10 heteroatoms. The molecule has 0 radical (unpaired) electrons. The summed E-state index contributed by atoms with van der Waals surface area (Å²) in [5.41, 5.74) is 10.2. The van der Waals surface area contributed by atoms with E-state index in [1.54, 1.807) is 19.9 Å². The highest BCUT2D eigenvalue weighted by molar-refractivity contribution is 5.87. The molecule has 0 amide bonds. The van der Waals surface area contributed by atoms with Crippen molar-refractivity contribution in [3.05, 3.63) is 33.7 Å². The van der Waals surface area contributed by atoms with Gasteiger partial charge in [0.25, 0.3) is 0 Å². The second kappa shape index (κ2) is 9.44. The van der Waals surface area contributed by atoms with E-state index in [1.165, 1.54) is 6.07 Å². The normalized spacial score (nSPS) is 20.1. The van der Waals surface area contributed by atoms with E-state index in [0.29, 0.717) is 17.9 Å². The van der Waals surface area contributed by atoms with E-state index < -0.39 is 23.9 Å². The molecule has 0 saturated heterocycles. The number of aliphatic imine (C=N–C) groups is 1. The van der Waals surface area contributed by atoms with Gasteiger partial charge in [0.05, 0.1) is 24.4 Å². The average Bonchev–Trinajstić information content (AvgIpc) is 3.41. The molecular formula is C24H33N3O7. The van der Waals surface area contributed by atoms with E-state index in [9.17, 15) is 20.1 Å². The number of ether oxygens (including phenoxy) is 2. The molecule has 186 valence electrons. The predicted octanol–water partition coefficient (Wildman–Crippen LogP) is 1.25. The van der Waals surface area contributed by atoms with Crippen LogP contribution in [0.5, 0.6) is 11.5 Å². The second-order valence-electron chi connectivity index (χ2n) is 9.70. The van der Waals surface area contributed by atoms with Gasteiger partial charge < -0.3 is 40.7 Å². The Hall–Kier alpha value is -2.82. The molecule has 1 aromatic heterocycles. The lowest BCUT2D eigenvalue weighted by atomic mass is 9.96. The van der Waals surface area contributed by atoms with E-state index in [-0.39, 0.29) is 47.2 Å². The third-order valence-corrected chi connectivity index (χ3v) is 6.45. The average molecular weight is 476 g/mol. The minimum Gasteiger partial charge on any atom is -0.489 e. The third kappa shape index (κ3) is 4.98. The zero-order chi connectivity index (χ0) is 24.6. The summed E-state index contributed by atoms with van der Waals surface area (Å²) in [7, 11) is 0. The number of rotatable bonds is 8. The quantitative estimate of drug-likeness (QED) is 0.278. The Morgan fingerprint density at radius 2 is 2.00 bits per heavy atom. The maximum atomic E-state index is 13.3. The number of hydrogen-bond donors (Lipinski definition) is 5. The topological polar surface area (TPSA) is 174 Å². The second-order valence-corrected chi connectivity index (χ2v) is 9.70. The minimum absolute atomic E-state index is 0.00884. The molecule has 1 aliphatic carbocycles. The van der Waals surface area contributed by atoms with Crippen molar-refractivity contribution in [3.63, 3.8) is 0 Å². The highest BCUT2D eigenvalue weighted by Gasteiger charge is 2.38. The van der Waals surface area contributed by atoms with E-state index in [4.69, 9.17) is 25.4 Å². The zero-order valence-electron chi connectivity index (χ0n) is 19.5. The first kappa shape index (κ1) is 24.3. The predicted molar refractivity (Wildman–Crippen MR) is 126 cm³/mol. The van der Waals surface area contributed by atoms with Crippen molar-refractivity contribution < 1.29 is 29.2 Å². The largest absolute Gasteiger partial charge is 0.489 e. The lowest BCUT2D eigenvalue weighted by Gasteiger charge is -2.24. The van der Waals surface area contributed by atoms with Gasteiger partial charge in [0, 0.05) is 30.5 Å². The molecule has 34 heavy (non-hydrogen) atoms. The van der Waals surface area contributed by atoms with Crippen LogP contribution in [0.2, 0.25) is 0 Å². The molecule has 2 aliphatic rings. The monoisotopic (exact) mass is 475 g/mol. The molecule has 0 spiro atoms. The van der Waals surface area contributed by atoms with Crippen LogP contribution in [0.4, 0.5) is 0 Å². The summed E-state index contributed by atoms with van der Waals surface area (Å²) in [5, 5.41) is 31.0. The van der Waals surface area contributed by atoms with Gasteiger partial charge in [-0.3, -0.25) is 4.79 Å². The van der Waals surface area contributed by atoms with E-state index in [1.807, 2.05) is 0 Å². The van der Waals surface area contributed by atoms with Crippen LogP contribution in [-0.4, -0.2) is 51.7 Å². The molecule has 2 aromatic rings. The fraction of sp³-hybridized carbons (Fsp3) is 0.583. The summed E-state index contributed by atoms with van der Waals surface area (Å²) in [5.74, 6) is 0.713. The van der Waals surface area contributed by atoms with Gasteiger partial charge in [-0.25, -0.2) is 4.99 Å². The van der Waals surface area contributed by atoms with Crippen LogP contribution in [0.15, 0.2) is 26.3 Å². The molecule has 1 aliphatic heterocycles. The Bertz CT molecular complexity index is 1130. The van der Waals surface area contributed by atoms with Crippen LogP contribution >= 0.6 is 0 Å². The van der Waals surface area contributed by atoms with Crippen molar-refractivity contribution in [1.82, 2.24) is 0 Å². The number of nitrogens with two attached hydrogens (primary N) is 2. The summed E-state index contributed by atoms with van der Waals surface area (Å²) in [4.78, 5) is 17.1. The number of benzene rings is 1. The molecule has 3 atom stereocenters. The molecule has 1 saturated carbocycles. The molecule has 10 nitrogen and oxygen atoms in total. The van der Waals surface area contributed by atoms with Crippen LogP contribution < -0.4 is 26.4 Å². The van der Waals surface area contributed by atoms with Crippen molar-refractivity contribution >= 4 is 16.9 Å². The van der Waals surface area contributed by atoms with Gasteiger partial charge in [-0.15, -0.1) is 0 Å². The number of aliphatic hydroxyl groups is 3. The standard InChI is InChI=1S/C24H33N3O7/c1-24(2,31)20-8-14-17(34-20)10-19-21(22(14)32-13-5-3-4-6-13)16(30)9-18(33-19)15(29)7-12(11-28)27-23(25)26/h9-10,12-13,15,20,28-29,31H,3-8,11H2,1-2H3,(H4,25,26,27). The Labute approximate surface area is 197 Å². The summed E-state index contributed by atoms with van der Waals surface area (Å²) in [6.45, 7) is 2.96. The summed E-state index contributed by atoms with van der Waals surface area (Å²) < 4.78 is 18.3. The van der Waals surface area contributed by atoms with Crippen LogP contribution in [0.25, 0.3) is 11.0 Å². The Morgan fingerprint density at radius 1 is 1.29 bits per heavy atom. The highest BCUT2D eigenvalue weighted by atomic mass is 16.5. The van der Waals surface area contributed by atoms with Crippen molar-refractivity contribution in [1.29, 1.82) is 0 Å². The smallest absolute Gasteiger partial charge is 0.196 e. The Morgan fingerprint density at radius 3 is 2.62 bits per heavy atom. The Kier molecular flexibility index (Phi) is 6.75. The maximum absolute atomic E-state index is 13.3. The first-order valence-electron chi connectivity index (χ1n) is 11.6. The van der Waals surface area contributed by atoms with Crippen molar-refractivity contribution in [2.24, 2.45) is 16.5 Å². The highest BCUT2D eigenvalue weighted by Crippen LogP contribution is 2.44. The SMILES string of the molecule is CC(C)(O)C1Cc2c(cc3oc(C(O)CC(CO)N=C(N)N)cc(=O)c3c2OC2CCCC2)O1. The molecule has 2 heterocycles. The summed E-state index contributed by atoms with van der Waals surface area (Å²) in [6.07, 6.45) is 2.54. The van der Waals surface area contributed by atoms with Gasteiger partial charge in [-0.05, 0) is 39.5 Å². The number of hydrogen-bond acceptors (Lipinski definition) is 8.